The van der Waals surface area contributed by atoms with Gasteiger partial charge in [-0.2, -0.15) is 0 Å². The fourth-order valence-electron chi connectivity index (χ4n) is 3.67. The number of carbonyl (C=O) groups excluding carboxylic acids is 2. The second-order valence-corrected chi connectivity index (χ2v) is 9.46. The zero-order chi connectivity index (χ0) is 20.3. The molecule has 1 amide bonds. The van der Waals surface area contributed by atoms with Gasteiger partial charge in [-0.15, -0.1) is 10.2 Å². The zero-order valence-corrected chi connectivity index (χ0v) is 17.6. The molecule has 0 radical (unpaired) electrons. The van der Waals surface area contributed by atoms with Crippen molar-refractivity contribution in [3.05, 3.63) is 41.3 Å². The van der Waals surface area contributed by atoms with Crippen molar-refractivity contribution in [2.24, 2.45) is 5.92 Å². The van der Waals surface area contributed by atoms with Gasteiger partial charge >= 0.3 is 0 Å². The Morgan fingerprint density at radius 1 is 1.21 bits per heavy atom. The van der Waals surface area contributed by atoms with E-state index in [0.717, 1.165) is 19.3 Å². The summed E-state index contributed by atoms with van der Waals surface area (Å²) in [7, 11) is 0. The average molecular weight is 402 g/mol. The Morgan fingerprint density at radius 3 is 2.39 bits per heavy atom. The Bertz CT molecular complexity index is 809. The molecule has 0 bridgehead atoms. The quantitative estimate of drug-likeness (QED) is 0.361. The van der Waals surface area contributed by atoms with Gasteiger partial charge in [-0.3, -0.25) is 9.59 Å². The van der Waals surface area contributed by atoms with Gasteiger partial charge in [-0.25, -0.2) is 0 Å². The third-order valence-corrected chi connectivity index (χ3v) is 5.72. The topological polar surface area (TPSA) is 76.3 Å². The number of thioether (sulfide) groups is 1. The Morgan fingerprint density at radius 2 is 1.86 bits per heavy atom. The molecule has 2 aromatic rings. The Balaban J connectivity index is 1.83. The molecule has 28 heavy (non-hydrogen) atoms. The first-order chi connectivity index (χ1) is 13.4. The van der Waals surface area contributed by atoms with Gasteiger partial charge in [0.05, 0.1) is 0 Å². The van der Waals surface area contributed by atoms with Crippen molar-refractivity contribution in [3.63, 3.8) is 0 Å². The van der Waals surface area contributed by atoms with Gasteiger partial charge in [-0.05, 0) is 36.3 Å². The lowest BCUT2D eigenvalue weighted by molar-refractivity contribution is -0.122. The van der Waals surface area contributed by atoms with Crippen molar-refractivity contribution >= 4 is 24.0 Å². The van der Waals surface area contributed by atoms with Crippen LogP contribution in [0, 0.1) is 5.92 Å². The largest absolute Gasteiger partial charge is 0.408 e. The minimum atomic E-state index is -0.603. The summed E-state index contributed by atoms with van der Waals surface area (Å²) in [5, 5.41) is 8.58. The predicted octanol–water partition coefficient (Wildman–Crippen LogP) is 3.79. The molecular formula is C21H27N3O3S. The molecule has 0 aliphatic heterocycles. The molecule has 1 heterocycles. The van der Waals surface area contributed by atoms with Gasteiger partial charge in [0.2, 0.25) is 12.2 Å². The highest BCUT2D eigenvalue weighted by molar-refractivity contribution is 7.99. The molecule has 1 aromatic carbocycles. The van der Waals surface area contributed by atoms with E-state index in [1.165, 1.54) is 22.9 Å². The van der Waals surface area contributed by atoms with E-state index in [9.17, 15) is 9.59 Å². The van der Waals surface area contributed by atoms with Gasteiger partial charge in [0.15, 0.2) is 0 Å². The van der Waals surface area contributed by atoms with E-state index in [0.29, 0.717) is 11.6 Å². The number of ketones is 1. The summed E-state index contributed by atoms with van der Waals surface area (Å²) >= 11 is 1.42. The SMILES string of the molecule is CC(C)CC(C(=O)c1nnc(SC(C)C)o1)N(C=O)C1Cc2ccccc2C1. The highest BCUT2D eigenvalue weighted by Crippen LogP contribution is 2.29. The zero-order valence-electron chi connectivity index (χ0n) is 16.8. The maximum Gasteiger partial charge on any atom is 0.286 e. The van der Waals surface area contributed by atoms with E-state index < -0.39 is 6.04 Å². The molecule has 3 rings (SSSR count). The number of aromatic nitrogens is 2. The van der Waals surface area contributed by atoms with Gasteiger partial charge in [0.25, 0.3) is 11.1 Å². The van der Waals surface area contributed by atoms with Crippen LogP contribution in [-0.4, -0.2) is 44.6 Å². The standard InChI is InChI=1S/C21H27N3O3S/c1-13(2)9-18(19(26)20-22-23-21(27-20)28-14(3)4)24(12-25)17-10-15-7-5-6-8-16(15)11-17/h5-8,12-14,17-18H,9-11H2,1-4H3. The van der Waals surface area contributed by atoms with Gasteiger partial charge < -0.3 is 9.32 Å². The number of benzene rings is 1. The highest BCUT2D eigenvalue weighted by Gasteiger charge is 2.36. The van der Waals surface area contributed by atoms with Crippen molar-refractivity contribution in [3.8, 4) is 0 Å². The molecular weight excluding hydrogens is 374 g/mol. The summed E-state index contributed by atoms with van der Waals surface area (Å²) in [6.45, 7) is 8.12. The maximum absolute atomic E-state index is 13.2. The molecule has 150 valence electrons. The van der Waals surface area contributed by atoms with E-state index in [4.69, 9.17) is 4.42 Å². The van der Waals surface area contributed by atoms with Crippen molar-refractivity contribution < 1.29 is 14.0 Å². The molecule has 0 spiro atoms. The summed E-state index contributed by atoms with van der Waals surface area (Å²) in [5.41, 5.74) is 2.48. The van der Waals surface area contributed by atoms with Crippen LogP contribution in [0.1, 0.15) is 55.9 Å². The van der Waals surface area contributed by atoms with E-state index in [1.807, 2.05) is 39.8 Å². The van der Waals surface area contributed by atoms with Crippen LogP contribution < -0.4 is 0 Å². The normalized spacial score (nSPS) is 15.1. The first kappa shape index (κ1) is 20.6. The summed E-state index contributed by atoms with van der Waals surface area (Å²) in [5.74, 6) is -0.0522. The fourth-order valence-corrected chi connectivity index (χ4v) is 4.29. The number of nitrogens with zero attached hydrogens (tertiary/aromatic N) is 3. The summed E-state index contributed by atoms with van der Waals surface area (Å²) < 4.78 is 5.59. The number of rotatable bonds is 9. The summed E-state index contributed by atoms with van der Waals surface area (Å²) in [6.07, 6.45) is 2.88. The number of hydrogen-bond donors (Lipinski definition) is 0. The lowest BCUT2D eigenvalue weighted by atomic mass is 9.97. The third kappa shape index (κ3) is 4.63. The first-order valence-electron chi connectivity index (χ1n) is 9.73. The molecule has 0 N–H and O–H groups in total. The minimum Gasteiger partial charge on any atom is -0.408 e. The second-order valence-electron chi connectivity index (χ2n) is 7.93. The Labute approximate surface area is 170 Å². The monoisotopic (exact) mass is 401 g/mol. The average Bonchev–Trinajstić information content (AvgIpc) is 3.26. The lowest BCUT2D eigenvalue weighted by Gasteiger charge is -2.32. The van der Waals surface area contributed by atoms with E-state index in [2.05, 4.69) is 22.3 Å². The van der Waals surface area contributed by atoms with E-state index in [1.54, 1.807) is 4.90 Å². The van der Waals surface area contributed by atoms with E-state index in [-0.39, 0.29) is 28.9 Å². The smallest absolute Gasteiger partial charge is 0.286 e. The van der Waals surface area contributed by atoms with Crippen LogP contribution in [0.4, 0.5) is 0 Å². The van der Waals surface area contributed by atoms with Crippen LogP contribution in [0.25, 0.3) is 0 Å². The summed E-state index contributed by atoms with van der Waals surface area (Å²) in [4.78, 5) is 26.9. The Kier molecular flexibility index (Phi) is 6.54. The third-order valence-electron chi connectivity index (χ3n) is 4.88. The van der Waals surface area contributed by atoms with Crippen molar-refractivity contribution in [2.45, 2.75) is 69.5 Å². The van der Waals surface area contributed by atoms with Crippen molar-refractivity contribution in [1.29, 1.82) is 0 Å². The number of carbonyl (C=O) groups is 2. The predicted molar refractivity (Wildman–Crippen MR) is 108 cm³/mol. The molecule has 1 aromatic heterocycles. The Hall–Kier alpha value is -2.15. The molecule has 1 atom stereocenters. The first-order valence-corrected chi connectivity index (χ1v) is 10.6. The number of hydrogen-bond acceptors (Lipinski definition) is 6. The van der Waals surface area contributed by atoms with Gasteiger partial charge in [0.1, 0.15) is 6.04 Å². The van der Waals surface area contributed by atoms with Crippen LogP contribution >= 0.6 is 11.8 Å². The van der Waals surface area contributed by atoms with Crippen LogP contribution in [0.15, 0.2) is 33.9 Å². The molecule has 1 unspecified atom stereocenters. The molecule has 1 aliphatic carbocycles. The van der Waals surface area contributed by atoms with Crippen LogP contribution in [-0.2, 0) is 17.6 Å². The van der Waals surface area contributed by atoms with Crippen LogP contribution in [0.2, 0.25) is 0 Å². The molecule has 7 heteroatoms. The van der Waals surface area contributed by atoms with E-state index >= 15 is 0 Å². The number of amides is 1. The van der Waals surface area contributed by atoms with Crippen molar-refractivity contribution in [2.75, 3.05) is 0 Å². The van der Waals surface area contributed by atoms with Gasteiger partial charge in [0, 0.05) is 11.3 Å². The van der Waals surface area contributed by atoms with Crippen LogP contribution in [0.3, 0.4) is 0 Å². The second kappa shape index (κ2) is 8.90. The van der Waals surface area contributed by atoms with Crippen LogP contribution in [0.5, 0.6) is 0 Å². The summed E-state index contributed by atoms with van der Waals surface area (Å²) in [6, 6.07) is 7.56. The molecule has 0 fully saturated rings. The molecule has 6 nitrogen and oxygen atoms in total. The van der Waals surface area contributed by atoms with Gasteiger partial charge in [-0.1, -0.05) is 63.7 Å². The molecule has 0 saturated carbocycles. The molecule has 0 saturated heterocycles. The minimum absolute atomic E-state index is 0.0174. The van der Waals surface area contributed by atoms with Crippen molar-refractivity contribution in [1.82, 2.24) is 15.1 Å². The fraction of sp³-hybridized carbons (Fsp3) is 0.524. The highest BCUT2D eigenvalue weighted by atomic mass is 32.2. The number of Topliss-reactive ketones (excluding diaryl/α,β-unsaturated/α-hetero) is 1. The maximum atomic E-state index is 13.2. The lowest BCUT2D eigenvalue weighted by Crippen LogP contribution is -2.48. The molecule has 1 aliphatic rings. The number of fused-ring (bicyclic) bond motifs is 1.